The first kappa shape index (κ1) is 8.63. The molecule has 0 saturated carbocycles. The van der Waals surface area contributed by atoms with Crippen molar-refractivity contribution in [1.29, 1.82) is 0 Å². The second-order valence-corrected chi connectivity index (χ2v) is 3.30. The first-order valence-electron chi connectivity index (χ1n) is 4.57. The Hall–Kier alpha value is -0.955. The van der Waals surface area contributed by atoms with Crippen LogP contribution in [0.4, 0.5) is 0 Å². The molecule has 0 bridgehead atoms. The van der Waals surface area contributed by atoms with Gasteiger partial charge in [0.25, 0.3) is 0 Å². The van der Waals surface area contributed by atoms with Crippen molar-refractivity contribution in [3.8, 4) is 5.75 Å². The van der Waals surface area contributed by atoms with Crippen LogP contribution in [0.15, 0.2) is 24.3 Å². The van der Waals surface area contributed by atoms with Gasteiger partial charge >= 0.3 is 0 Å². The third-order valence-corrected chi connectivity index (χ3v) is 2.20. The molecular formula is C10H12BNO. The van der Waals surface area contributed by atoms with Crippen LogP contribution < -0.4 is 15.5 Å². The molecule has 0 aliphatic carbocycles. The molecule has 1 aliphatic heterocycles. The van der Waals surface area contributed by atoms with Crippen LogP contribution in [-0.4, -0.2) is 27.0 Å². The Balaban J connectivity index is 1.97. The zero-order chi connectivity index (χ0) is 9.10. The first-order chi connectivity index (χ1) is 6.34. The number of rotatable bonds is 2. The Kier molecular flexibility index (Phi) is 2.55. The van der Waals surface area contributed by atoms with E-state index in [9.17, 15) is 0 Å². The predicted octanol–water partition coefficient (Wildman–Crippen LogP) is 0.221. The van der Waals surface area contributed by atoms with Crippen LogP contribution in [0.3, 0.4) is 0 Å². The summed E-state index contributed by atoms with van der Waals surface area (Å²) in [6.45, 7) is 2.00. The fraction of sp³-hybridized carbons (Fsp3) is 0.400. The van der Waals surface area contributed by atoms with Gasteiger partial charge in [-0.25, -0.2) is 0 Å². The second kappa shape index (κ2) is 3.84. The van der Waals surface area contributed by atoms with Crippen molar-refractivity contribution in [1.82, 2.24) is 5.32 Å². The Bertz CT molecular complexity index is 267. The van der Waals surface area contributed by atoms with Gasteiger partial charge in [-0.2, -0.15) is 0 Å². The normalized spacial score (nSPS) is 21.7. The van der Waals surface area contributed by atoms with Crippen molar-refractivity contribution < 1.29 is 4.74 Å². The summed E-state index contributed by atoms with van der Waals surface area (Å²) in [5, 5.41) is 3.25. The molecule has 1 aromatic rings. The highest BCUT2D eigenvalue weighted by molar-refractivity contribution is 6.32. The molecule has 0 aromatic heterocycles. The Morgan fingerprint density at radius 1 is 1.31 bits per heavy atom. The molecule has 2 nitrogen and oxygen atoms in total. The number of hydrogen-bond acceptors (Lipinski definition) is 2. The molecule has 1 saturated heterocycles. The van der Waals surface area contributed by atoms with Crippen molar-refractivity contribution in [3.05, 3.63) is 24.3 Å². The Morgan fingerprint density at radius 2 is 2.08 bits per heavy atom. The lowest BCUT2D eigenvalue weighted by molar-refractivity contribution is 0.223. The van der Waals surface area contributed by atoms with E-state index in [2.05, 4.69) is 5.32 Å². The van der Waals surface area contributed by atoms with E-state index in [1.165, 1.54) is 0 Å². The van der Waals surface area contributed by atoms with Crippen LogP contribution in [0, 0.1) is 0 Å². The maximum Gasteiger partial charge on any atom is 0.119 e. The average Bonchev–Trinajstić information content (AvgIpc) is 2.62. The van der Waals surface area contributed by atoms with Gasteiger partial charge in [0.2, 0.25) is 0 Å². The minimum atomic E-state index is 0.323. The smallest absolute Gasteiger partial charge is 0.119 e. The number of ether oxygens (including phenoxy) is 1. The molecule has 1 atom stereocenters. The second-order valence-electron chi connectivity index (χ2n) is 3.30. The largest absolute Gasteiger partial charge is 0.489 e. The molecule has 2 radical (unpaired) electrons. The Morgan fingerprint density at radius 3 is 2.69 bits per heavy atom. The number of benzene rings is 1. The quantitative estimate of drug-likeness (QED) is 0.646. The third kappa shape index (κ3) is 2.25. The van der Waals surface area contributed by atoms with Crippen LogP contribution in [0.2, 0.25) is 0 Å². The van der Waals surface area contributed by atoms with Gasteiger partial charge in [-0.15, -0.1) is 0 Å². The van der Waals surface area contributed by atoms with E-state index in [4.69, 9.17) is 12.6 Å². The van der Waals surface area contributed by atoms with E-state index >= 15 is 0 Å². The van der Waals surface area contributed by atoms with Crippen LogP contribution in [0.1, 0.15) is 6.42 Å². The molecule has 0 amide bonds. The third-order valence-electron chi connectivity index (χ3n) is 2.20. The van der Waals surface area contributed by atoms with Crippen LogP contribution in [0.5, 0.6) is 5.75 Å². The molecule has 1 aromatic carbocycles. The summed E-state index contributed by atoms with van der Waals surface area (Å²) in [6.07, 6.45) is 1.41. The highest BCUT2D eigenvalue weighted by atomic mass is 16.5. The van der Waals surface area contributed by atoms with Crippen molar-refractivity contribution in [2.24, 2.45) is 0 Å². The molecule has 1 N–H and O–H groups in total. The minimum absolute atomic E-state index is 0.323. The van der Waals surface area contributed by atoms with Crippen LogP contribution in [-0.2, 0) is 0 Å². The maximum absolute atomic E-state index is 5.71. The van der Waals surface area contributed by atoms with Gasteiger partial charge < -0.3 is 10.1 Å². The summed E-state index contributed by atoms with van der Waals surface area (Å²) in [5.41, 5.74) is 0.775. The van der Waals surface area contributed by atoms with Gasteiger partial charge in [0.15, 0.2) is 0 Å². The van der Waals surface area contributed by atoms with Gasteiger partial charge in [0, 0.05) is 6.54 Å². The van der Waals surface area contributed by atoms with Gasteiger partial charge in [0.05, 0.1) is 0 Å². The lowest BCUT2D eigenvalue weighted by Gasteiger charge is -2.12. The maximum atomic E-state index is 5.71. The molecule has 2 rings (SSSR count). The fourth-order valence-electron chi connectivity index (χ4n) is 1.47. The van der Waals surface area contributed by atoms with Crippen molar-refractivity contribution >= 4 is 13.3 Å². The molecule has 1 fully saturated rings. The predicted molar refractivity (Wildman–Crippen MR) is 53.7 cm³/mol. The highest BCUT2D eigenvalue weighted by Gasteiger charge is 2.15. The lowest BCUT2D eigenvalue weighted by atomic mass is 9.97. The van der Waals surface area contributed by atoms with E-state index in [1.807, 2.05) is 24.3 Å². The van der Waals surface area contributed by atoms with Crippen LogP contribution in [0.25, 0.3) is 0 Å². The van der Waals surface area contributed by atoms with Gasteiger partial charge in [-0.05, 0) is 25.1 Å². The monoisotopic (exact) mass is 173 g/mol. The standard InChI is InChI=1S/C10H12BNO/c11-8-1-3-9(4-2-8)13-10-5-6-12-7-10/h1-4,10,12H,5-7H2. The molecule has 3 heteroatoms. The molecule has 1 heterocycles. The van der Waals surface area contributed by atoms with E-state index in [-0.39, 0.29) is 0 Å². The topological polar surface area (TPSA) is 21.3 Å². The van der Waals surface area contributed by atoms with Gasteiger partial charge in [-0.3, -0.25) is 0 Å². The fourth-order valence-corrected chi connectivity index (χ4v) is 1.47. The zero-order valence-corrected chi connectivity index (χ0v) is 7.49. The molecule has 13 heavy (non-hydrogen) atoms. The molecule has 66 valence electrons. The zero-order valence-electron chi connectivity index (χ0n) is 7.49. The SMILES string of the molecule is [B]c1ccc(OC2CCNC2)cc1. The van der Waals surface area contributed by atoms with Gasteiger partial charge in [-0.1, -0.05) is 17.6 Å². The van der Waals surface area contributed by atoms with E-state index in [0.29, 0.717) is 6.10 Å². The molecule has 1 unspecified atom stereocenters. The van der Waals surface area contributed by atoms with Gasteiger partial charge in [0.1, 0.15) is 19.7 Å². The Labute approximate surface area is 79.7 Å². The van der Waals surface area contributed by atoms with Crippen molar-refractivity contribution in [3.63, 3.8) is 0 Å². The van der Waals surface area contributed by atoms with E-state index < -0.39 is 0 Å². The minimum Gasteiger partial charge on any atom is -0.489 e. The summed E-state index contributed by atoms with van der Waals surface area (Å²) in [4.78, 5) is 0. The lowest BCUT2D eigenvalue weighted by Crippen LogP contribution is -2.19. The van der Waals surface area contributed by atoms with Crippen LogP contribution >= 0.6 is 0 Å². The number of hydrogen-bond donors (Lipinski definition) is 1. The summed E-state index contributed by atoms with van der Waals surface area (Å²) >= 11 is 0. The van der Waals surface area contributed by atoms with Crippen molar-refractivity contribution in [2.45, 2.75) is 12.5 Å². The highest BCUT2D eigenvalue weighted by Crippen LogP contribution is 2.12. The van der Waals surface area contributed by atoms with E-state index in [0.717, 1.165) is 30.7 Å². The summed E-state index contributed by atoms with van der Waals surface area (Å²) in [6, 6.07) is 7.54. The summed E-state index contributed by atoms with van der Waals surface area (Å²) in [7, 11) is 5.57. The molecule has 0 spiro atoms. The number of nitrogens with one attached hydrogen (secondary N) is 1. The molecule has 1 aliphatic rings. The molecular weight excluding hydrogens is 161 g/mol. The summed E-state index contributed by atoms with van der Waals surface area (Å²) < 4.78 is 5.71. The first-order valence-corrected chi connectivity index (χ1v) is 4.57. The summed E-state index contributed by atoms with van der Waals surface area (Å²) in [5.74, 6) is 0.905. The van der Waals surface area contributed by atoms with E-state index in [1.54, 1.807) is 0 Å². The average molecular weight is 173 g/mol. The van der Waals surface area contributed by atoms with Crippen molar-refractivity contribution in [2.75, 3.05) is 13.1 Å².